The Bertz CT molecular complexity index is 706. The lowest BCUT2D eigenvalue weighted by Gasteiger charge is -2.17. The zero-order valence-electron chi connectivity index (χ0n) is 12.8. The summed E-state index contributed by atoms with van der Waals surface area (Å²) in [6.07, 6.45) is 1.48. The van der Waals surface area contributed by atoms with E-state index in [1.807, 2.05) is 32.9 Å². The monoisotopic (exact) mass is 301 g/mol. The SMILES string of the molecule is Cc1ccc(C(C)NC(=O)Cn2ccc(C(=O)O)n2)c(C)c1. The van der Waals surface area contributed by atoms with E-state index >= 15 is 0 Å². The number of carboxylic acid groups (broad SMARTS) is 1. The number of carbonyl (C=O) groups is 2. The molecule has 0 aliphatic rings. The number of aromatic nitrogens is 2. The highest BCUT2D eigenvalue weighted by Gasteiger charge is 2.13. The van der Waals surface area contributed by atoms with Crippen LogP contribution in [0.3, 0.4) is 0 Å². The van der Waals surface area contributed by atoms with Crippen molar-refractivity contribution in [3.05, 3.63) is 52.8 Å². The molecule has 2 N–H and O–H groups in total. The number of carbonyl (C=O) groups excluding carboxylic acids is 1. The maximum atomic E-state index is 12.0. The van der Waals surface area contributed by atoms with E-state index < -0.39 is 5.97 Å². The summed E-state index contributed by atoms with van der Waals surface area (Å²) in [5.41, 5.74) is 3.29. The van der Waals surface area contributed by atoms with Crippen LogP contribution in [0.4, 0.5) is 0 Å². The predicted molar refractivity (Wildman–Crippen MR) is 81.7 cm³/mol. The molecule has 0 aliphatic heterocycles. The number of aromatic carboxylic acids is 1. The fraction of sp³-hybridized carbons (Fsp3) is 0.312. The highest BCUT2D eigenvalue weighted by atomic mass is 16.4. The van der Waals surface area contributed by atoms with Gasteiger partial charge in [0.05, 0.1) is 6.04 Å². The normalized spacial score (nSPS) is 12.0. The first-order valence-corrected chi connectivity index (χ1v) is 7.00. The molecule has 0 saturated heterocycles. The van der Waals surface area contributed by atoms with E-state index in [0.29, 0.717) is 0 Å². The van der Waals surface area contributed by atoms with Crippen LogP contribution in [-0.2, 0) is 11.3 Å². The van der Waals surface area contributed by atoms with Gasteiger partial charge in [-0.2, -0.15) is 5.10 Å². The topological polar surface area (TPSA) is 84.2 Å². The standard InChI is InChI=1S/C16H19N3O3/c1-10-4-5-13(11(2)8-10)12(3)17-15(20)9-19-7-6-14(18-19)16(21)22/h4-8,12H,9H2,1-3H3,(H,17,20)(H,21,22). The highest BCUT2D eigenvalue weighted by molar-refractivity contribution is 5.85. The van der Waals surface area contributed by atoms with E-state index in [1.165, 1.54) is 22.5 Å². The minimum Gasteiger partial charge on any atom is -0.476 e. The van der Waals surface area contributed by atoms with Gasteiger partial charge < -0.3 is 10.4 Å². The van der Waals surface area contributed by atoms with Crippen LogP contribution in [-0.4, -0.2) is 26.8 Å². The second-order valence-corrected chi connectivity index (χ2v) is 5.35. The third-order valence-corrected chi connectivity index (χ3v) is 3.43. The number of amides is 1. The maximum Gasteiger partial charge on any atom is 0.356 e. The van der Waals surface area contributed by atoms with Gasteiger partial charge in [-0.3, -0.25) is 9.48 Å². The van der Waals surface area contributed by atoms with Crippen molar-refractivity contribution in [1.29, 1.82) is 0 Å². The Morgan fingerprint density at radius 2 is 2.05 bits per heavy atom. The second kappa shape index (κ2) is 6.43. The van der Waals surface area contributed by atoms with E-state index in [-0.39, 0.29) is 24.2 Å². The molecular formula is C16H19N3O3. The summed E-state index contributed by atoms with van der Waals surface area (Å²) in [6.45, 7) is 5.94. The van der Waals surface area contributed by atoms with Crippen molar-refractivity contribution in [2.45, 2.75) is 33.4 Å². The minimum absolute atomic E-state index is 0.0114. The van der Waals surface area contributed by atoms with Crippen LogP contribution < -0.4 is 5.32 Å². The Morgan fingerprint density at radius 1 is 1.32 bits per heavy atom. The molecule has 2 rings (SSSR count). The first kappa shape index (κ1) is 15.8. The fourth-order valence-corrected chi connectivity index (χ4v) is 2.39. The smallest absolute Gasteiger partial charge is 0.356 e. The van der Waals surface area contributed by atoms with Crippen molar-refractivity contribution in [3.63, 3.8) is 0 Å². The number of hydrogen-bond donors (Lipinski definition) is 2. The van der Waals surface area contributed by atoms with Crippen LogP contribution in [0.25, 0.3) is 0 Å². The molecule has 1 unspecified atom stereocenters. The van der Waals surface area contributed by atoms with Crippen molar-refractivity contribution in [2.24, 2.45) is 0 Å². The Kier molecular flexibility index (Phi) is 4.60. The summed E-state index contributed by atoms with van der Waals surface area (Å²) in [6, 6.07) is 7.33. The van der Waals surface area contributed by atoms with Crippen LogP contribution >= 0.6 is 0 Å². The number of carboxylic acids is 1. The number of nitrogens with zero attached hydrogens (tertiary/aromatic N) is 2. The molecule has 0 aliphatic carbocycles. The first-order valence-electron chi connectivity index (χ1n) is 7.00. The maximum absolute atomic E-state index is 12.0. The van der Waals surface area contributed by atoms with E-state index in [0.717, 1.165) is 11.1 Å². The fourth-order valence-electron chi connectivity index (χ4n) is 2.39. The van der Waals surface area contributed by atoms with Crippen LogP contribution in [0.2, 0.25) is 0 Å². The molecule has 1 aromatic carbocycles. The quantitative estimate of drug-likeness (QED) is 0.885. The van der Waals surface area contributed by atoms with Crippen LogP contribution in [0, 0.1) is 13.8 Å². The molecule has 0 fully saturated rings. The molecule has 1 amide bonds. The lowest BCUT2D eigenvalue weighted by atomic mass is 10.0. The molecule has 1 aromatic heterocycles. The molecule has 116 valence electrons. The summed E-state index contributed by atoms with van der Waals surface area (Å²) >= 11 is 0. The Balaban J connectivity index is 2.00. The van der Waals surface area contributed by atoms with Gasteiger partial charge in [-0.15, -0.1) is 0 Å². The van der Waals surface area contributed by atoms with Gasteiger partial charge >= 0.3 is 5.97 Å². The molecule has 0 bridgehead atoms. The van der Waals surface area contributed by atoms with Crippen molar-refractivity contribution in [2.75, 3.05) is 0 Å². The molecule has 0 spiro atoms. The number of rotatable bonds is 5. The zero-order chi connectivity index (χ0) is 16.3. The average molecular weight is 301 g/mol. The second-order valence-electron chi connectivity index (χ2n) is 5.35. The summed E-state index contributed by atoms with van der Waals surface area (Å²) in [7, 11) is 0. The Morgan fingerprint density at radius 3 is 2.64 bits per heavy atom. The van der Waals surface area contributed by atoms with Crippen molar-refractivity contribution >= 4 is 11.9 Å². The molecule has 6 heteroatoms. The molecule has 6 nitrogen and oxygen atoms in total. The van der Waals surface area contributed by atoms with Crippen LogP contribution in [0.1, 0.15) is 40.1 Å². The van der Waals surface area contributed by atoms with Crippen molar-refractivity contribution in [1.82, 2.24) is 15.1 Å². The third kappa shape index (κ3) is 3.72. The molecule has 0 radical (unpaired) electrons. The van der Waals surface area contributed by atoms with E-state index in [9.17, 15) is 9.59 Å². The van der Waals surface area contributed by atoms with Gasteiger partial charge in [0.25, 0.3) is 0 Å². The largest absolute Gasteiger partial charge is 0.476 e. The lowest BCUT2D eigenvalue weighted by molar-refractivity contribution is -0.122. The van der Waals surface area contributed by atoms with Crippen LogP contribution in [0.15, 0.2) is 30.5 Å². The van der Waals surface area contributed by atoms with Gasteiger partial charge in [0.2, 0.25) is 5.91 Å². The average Bonchev–Trinajstić information content (AvgIpc) is 2.86. The van der Waals surface area contributed by atoms with Crippen LogP contribution in [0.5, 0.6) is 0 Å². The molecule has 22 heavy (non-hydrogen) atoms. The van der Waals surface area contributed by atoms with Gasteiger partial charge in [-0.25, -0.2) is 4.79 Å². The Labute approximate surface area is 128 Å². The van der Waals surface area contributed by atoms with Gasteiger partial charge in [0.1, 0.15) is 6.54 Å². The number of hydrogen-bond acceptors (Lipinski definition) is 3. The van der Waals surface area contributed by atoms with Gasteiger partial charge in [0.15, 0.2) is 5.69 Å². The number of nitrogens with one attached hydrogen (secondary N) is 1. The first-order chi connectivity index (χ1) is 10.4. The van der Waals surface area contributed by atoms with E-state index in [1.54, 1.807) is 0 Å². The molecule has 2 aromatic rings. The highest BCUT2D eigenvalue weighted by Crippen LogP contribution is 2.18. The van der Waals surface area contributed by atoms with Gasteiger partial charge in [-0.1, -0.05) is 23.8 Å². The Hall–Kier alpha value is -2.63. The minimum atomic E-state index is -1.11. The molecular weight excluding hydrogens is 282 g/mol. The van der Waals surface area contributed by atoms with E-state index in [2.05, 4.69) is 16.5 Å². The summed E-state index contributed by atoms with van der Waals surface area (Å²) in [5.74, 6) is -1.32. The molecule has 1 heterocycles. The van der Waals surface area contributed by atoms with Crippen molar-refractivity contribution in [3.8, 4) is 0 Å². The van der Waals surface area contributed by atoms with Crippen molar-refractivity contribution < 1.29 is 14.7 Å². The molecule has 0 saturated carbocycles. The van der Waals surface area contributed by atoms with Gasteiger partial charge in [0, 0.05) is 6.20 Å². The predicted octanol–water partition coefficient (Wildman–Crippen LogP) is 2.08. The molecule has 1 atom stereocenters. The third-order valence-electron chi connectivity index (χ3n) is 3.43. The van der Waals surface area contributed by atoms with Gasteiger partial charge in [-0.05, 0) is 38.0 Å². The number of benzene rings is 1. The summed E-state index contributed by atoms with van der Waals surface area (Å²) in [5, 5.41) is 15.5. The van der Waals surface area contributed by atoms with E-state index in [4.69, 9.17) is 5.11 Å². The number of aryl methyl sites for hydroxylation is 2. The lowest BCUT2D eigenvalue weighted by Crippen LogP contribution is -2.30. The summed E-state index contributed by atoms with van der Waals surface area (Å²) in [4.78, 5) is 22.8. The zero-order valence-corrected chi connectivity index (χ0v) is 12.8. The summed E-state index contributed by atoms with van der Waals surface area (Å²) < 4.78 is 1.31.